The van der Waals surface area contributed by atoms with Crippen molar-refractivity contribution in [2.45, 2.75) is 57.8 Å². The Balaban J connectivity index is 0.000000102. The molecule has 0 saturated heterocycles. The summed E-state index contributed by atoms with van der Waals surface area (Å²) in [5.41, 5.74) is 32.4. The standard InChI is InChI=1S/C45H31N.C41H29N.C39H27N/c1-45(2)38-17-9-8-16-36(38)43-41-33(14-10-18-39(41)45)27-40-42(43)37-24-22-29-13-6-7-15-35(29)44(37)46(40)34-23-21-31-25-30(19-20-32(31)26-34)28-11-4-3-5-12-28;1-41(2)33-20-10-8-19-31(33)39-37-28(16-12-21-34(37)41)25-36-38(39)32-24-23-27-15-6-7-18-30(27)40(32)42(36)35-22-11-9-17-29(35)26-13-4-3-5-14-26;1-39(2)31-18-8-7-17-29(31)37-35-26(14-9-19-32(35)39)23-34-36(37)30-22-21-25-12-4-6-16-28(25)38(30)40(34)33-20-10-13-24-11-3-5-15-27(24)33/h3-27H,1-2H3;3-25H,1-2H3;3-23H,1-2H3. The van der Waals surface area contributed by atoms with Gasteiger partial charge in [0.25, 0.3) is 0 Å². The first-order valence-electron chi connectivity index (χ1n) is 45.1. The van der Waals surface area contributed by atoms with E-state index in [0.717, 1.165) is 0 Å². The molecule has 0 atom stereocenters. The van der Waals surface area contributed by atoms with Gasteiger partial charge in [-0.15, -0.1) is 0 Å². The molecule has 0 N–H and O–H groups in total. The number of nitrogens with zero attached hydrogens (tertiary/aromatic N) is 3. The topological polar surface area (TPSA) is 14.8 Å². The van der Waals surface area contributed by atoms with Crippen LogP contribution in [0.15, 0.2) is 419 Å². The Kier molecular flexibility index (Phi) is 16.0. The van der Waals surface area contributed by atoms with Crippen LogP contribution in [0.25, 0.3) is 224 Å². The lowest BCUT2D eigenvalue weighted by atomic mass is 9.68. The number of fused-ring (bicyclic) bond motifs is 26. The minimum atomic E-state index is -0.0845. The zero-order valence-corrected chi connectivity index (χ0v) is 72.2. The summed E-state index contributed by atoms with van der Waals surface area (Å²) < 4.78 is 7.61. The van der Waals surface area contributed by atoms with Crippen molar-refractivity contribution in [3.8, 4) is 72.7 Å². The lowest BCUT2D eigenvalue weighted by molar-refractivity contribution is 0.645. The lowest BCUT2D eigenvalue weighted by Crippen LogP contribution is -2.23. The van der Waals surface area contributed by atoms with Crippen LogP contribution in [0, 0.1) is 0 Å². The first kappa shape index (κ1) is 73.8. The molecule has 0 fully saturated rings. The lowest BCUT2D eigenvalue weighted by Gasteiger charge is -2.35. The highest BCUT2D eigenvalue weighted by atomic mass is 15.0. The van der Waals surface area contributed by atoms with Crippen molar-refractivity contribution in [2.75, 3.05) is 0 Å². The molecule has 3 aliphatic rings. The number of hydrogen-bond acceptors (Lipinski definition) is 0. The zero-order chi connectivity index (χ0) is 85.2. The minimum absolute atomic E-state index is 0.0719. The molecule has 3 heteroatoms. The molecular weight excluding hydrogens is 1540 g/mol. The van der Waals surface area contributed by atoms with E-state index >= 15 is 0 Å². The normalized spacial score (nSPS) is 13.7. The van der Waals surface area contributed by atoms with Crippen molar-refractivity contribution in [1.82, 2.24) is 13.7 Å². The Morgan fingerprint density at radius 2 is 0.484 bits per heavy atom. The summed E-state index contributed by atoms with van der Waals surface area (Å²) in [6, 6.07) is 155. The molecule has 128 heavy (non-hydrogen) atoms. The molecule has 0 radical (unpaired) electrons. The van der Waals surface area contributed by atoms with Crippen molar-refractivity contribution in [1.29, 1.82) is 0 Å². The van der Waals surface area contributed by atoms with Crippen molar-refractivity contribution >= 4 is 152 Å². The molecule has 22 aromatic carbocycles. The summed E-state index contributed by atoms with van der Waals surface area (Å²) in [4.78, 5) is 0. The number of rotatable bonds is 5. The van der Waals surface area contributed by atoms with Crippen LogP contribution in [0.4, 0.5) is 0 Å². The van der Waals surface area contributed by atoms with E-state index in [9.17, 15) is 0 Å². The van der Waals surface area contributed by atoms with Crippen LogP contribution in [-0.4, -0.2) is 13.7 Å². The molecule has 0 aliphatic heterocycles. The Labute approximate surface area is 742 Å². The molecule has 3 nitrogen and oxygen atoms in total. The monoisotopic (exact) mass is 1630 g/mol. The van der Waals surface area contributed by atoms with Gasteiger partial charge in [-0.2, -0.15) is 0 Å². The van der Waals surface area contributed by atoms with Gasteiger partial charge >= 0.3 is 0 Å². The predicted octanol–water partition coefficient (Wildman–Crippen LogP) is 33.8. The van der Waals surface area contributed by atoms with Gasteiger partial charge in [-0.25, -0.2) is 0 Å². The molecule has 0 bridgehead atoms. The Bertz CT molecular complexity index is 9090. The van der Waals surface area contributed by atoms with E-state index in [4.69, 9.17) is 0 Å². The van der Waals surface area contributed by atoms with Gasteiger partial charge in [-0.3, -0.25) is 0 Å². The van der Waals surface area contributed by atoms with Crippen LogP contribution in [-0.2, 0) is 16.2 Å². The maximum absolute atomic E-state index is 2.54. The number of aromatic nitrogens is 3. The maximum atomic E-state index is 2.54. The molecule has 0 spiro atoms. The molecule has 0 saturated carbocycles. The van der Waals surface area contributed by atoms with Gasteiger partial charge in [0.05, 0.1) is 44.5 Å². The van der Waals surface area contributed by atoms with E-state index in [1.807, 2.05) is 0 Å². The van der Waals surface area contributed by atoms with Crippen LogP contribution in [0.2, 0.25) is 0 Å². The number of hydrogen-bond donors (Lipinski definition) is 0. The minimum Gasteiger partial charge on any atom is -0.309 e. The van der Waals surface area contributed by atoms with E-state index in [2.05, 4.69) is 474 Å². The molecule has 0 unspecified atom stereocenters. The molecule has 3 aliphatic carbocycles. The Morgan fingerprint density at radius 3 is 0.953 bits per heavy atom. The van der Waals surface area contributed by atoms with E-state index in [-0.39, 0.29) is 16.2 Å². The largest absolute Gasteiger partial charge is 0.309 e. The fourth-order valence-electron chi connectivity index (χ4n) is 23.6. The second kappa shape index (κ2) is 27.7. The quantitative estimate of drug-likeness (QED) is 0.163. The summed E-state index contributed by atoms with van der Waals surface area (Å²) in [5, 5.41) is 28.6. The van der Waals surface area contributed by atoms with E-state index < -0.39 is 0 Å². The summed E-state index contributed by atoms with van der Waals surface area (Å²) in [6.07, 6.45) is 0. The third-order valence-corrected chi connectivity index (χ3v) is 29.4. The van der Waals surface area contributed by atoms with Gasteiger partial charge in [-0.05, 0) is 180 Å². The van der Waals surface area contributed by atoms with Gasteiger partial charge in [0, 0.05) is 98.0 Å². The van der Waals surface area contributed by atoms with Crippen LogP contribution < -0.4 is 0 Å². The zero-order valence-electron chi connectivity index (χ0n) is 72.2. The molecule has 3 aromatic heterocycles. The van der Waals surface area contributed by atoms with E-state index in [1.54, 1.807) is 0 Å². The van der Waals surface area contributed by atoms with Gasteiger partial charge < -0.3 is 13.7 Å². The first-order valence-corrected chi connectivity index (χ1v) is 45.1. The molecule has 602 valence electrons. The summed E-state index contributed by atoms with van der Waals surface area (Å²) in [7, 11) is 0. The summed E-state index contributed by atoms with van der Waals surface area (Å²) >= 11 is 0. The van der Waals surface area contributed by atoms with Gasteiger partial charge in [0.2, 0.25) is 0 Å². The highest BCUT2D eigenvalue weighted by Gasteiger charge is 2.40. The molecule has 0 amide bonds. The van der Waals surface area contributed by atoms with Crippen LogP contribution in [0.1, 0.15) is 74.9 Å². The molecular formula is C125H87N3. The summed E-state index contributed by atoms with van der Waals surface area (Å²) in [6.45, 7) is 14.3. The van der Waals surface area contributed by atoms with Gasteiger partial charge in [0.1, 0.15) is 0 Å². The third kappa shape index (κ3) is 10.6. The second-order valence-electron chi connectivity index (χ2n) is 37.2. The molecule has 28 rings (SSSR count). The van der Waals surface area contributed by atoms with E-state index in [1.165, 1.54) is 258 Å². The summed E-state index contributed by atoms with van der Waals surface area (Å²) in [5.74, 6) is 0. The number of benzene rings is 22. The van der Waals surface area contributed by atoms with Crippen LogP contribution in [0.3, 0.4) is 0 Å². The average Bonchev–Trinajstić information content (AvgIpc) is 1.50. The molecule has 3 heterocycles. The second-order valence-corrected chi connectivity index (χ2v) is 37.2. The predicted molar refractivity (Wildman–Crippen MR) is 546 cm³/mol. The van der Waals surface area contributed by atoms with Gasteiger partial charge in [0.15, 0.2) is 0 Å². The van der Waals surface area contributed by atoms with Crippen molar-refractivity contribution < 1.29 is 0 Å². The van der Waals surface area contributed by atoms with Crippen LogP contribution >= 0.6 is 0 Å². The van der Waals surface area contributed by atoms with Crippen molar-refractivity contribution in [3.05, 3.63) is 452 Å². The first-order chi connectivity index (χ1) is 62.8. The van der Waals surface area contributed by atoms with Crippen molar-refractivity contribution in [3.63, 3.8) is 0 Å². The third-order valence-electron chi connectivity index (χ3n) is 29.4. The molecule has 25 aromatic rings. The average molecular weight is 1630 g/mol. The highest BCUT2D eigenvalue weighted by molar-refractivity contribution is 6.32. The Morgan fingerprint density at radius 1 is 0.172 bits per heavy atom. The fraction of sp³-hybridized carbons (Fsp3) is 0.0720. The fourth-order valence-corrected chi connectivity index (χ4v) is 23.6. The Hall–Kier alpha value is -15.7. The SMILES string of the molecule is CC1(C)c2ccccc2-c2c3c1cccc3cc1c2c2ccc3ccccc3c2n1-c1ccc2cc(-c3ccccc3)ccc2c1.CC1(C)c2ccccc2-c2c3c1cccc3cc1c2c2ccc3ccccc3c2n1-c1cccc2ccccc12.CC1(C)c2ccccc2-c2c3c1cccc3cc1c2c2ccc3ccccc3c2n1-c1ccccc1-c1ccccc1. The van der Waals surface area contributed by atoms with Crippen LogP contribution in [0.5, 0.6) is 0 Å². The number of para-hydroxylation sites is 1. The van der Waals surface area contributed by atoms with Crippen molar-refractivity contribution in [2.24, 2.45) is 0 Å². The highest BCUT2D eigenvalue weighted by Crippen LogP contribution is 2.59. The maximum Gasteiger partial charge on any atom is 0.0619 e. The van der Waals surface area contributed by atoms with Gasteiger partial charge in [-0.1, -0.05) is 412 Å². The van der Waals surface area contributed by atoms with E-state index in [0.29, 0.717) is 0 Å². The smallest absolute Gasteiger partial charge is 0.0619 e.